The van der Waals surface area contributed by atoms with E-state index in [0.29, 0.717) is 23.7 Å². The second-order valence-corrected chi connectivity index (χ2v) is 5.95. The fourth-order valence-electron chi connectivity index (χ4n) is 3.10. The van der Waals surface area contributed by atoms with Gasteiger partial charge in [-0.3, -0.25) is 4.79 Å². The lowest BCUT2D eigenvalue weighted by Crippen LogP contribution is -2.33. The van der Waals surface area contributed by atoms with Gasteiger partial charge in [0.1, 0.15) is 28.4 Å². The molecule has 0 aromatic heterocycles. The minimum absolute atomic E-state index is 0.292. The summed E-state index contributed by atoms with van der Waals surface area (Å²) in [6.07, 6.45) is 0.505. The highest BCUT2D eigenvalue weighted by molar-refractivity contribution is 5.92. The zero-order chi connectivity index (χ0) is 17.3. The number of hydrogen-bond acceptors (Lipinski definition) is 5. The molecule has 0 amide bonds. The Kier molecular flexibility index (Phi) is 4.09. The molecule has 2 aromatic carbocycles. The molecule has 0 saturated heterocycles. The molecular formula is C19H20O5. The number of esters is 1. The predicted molar refractivity (Wildman–Crippen MR) is 89.2 cm³/mol. The summed E-state index contributed by atoms with van der Waals surface area (Å²) in [5.74, 6) is 2.16. The van der Waals surface area contributed by atoms with Crippen molar-refractivity contribution in [3.8, 4) is 23.0 Å². The maximum atomic E-state index is 12.6. The van der Waals surface area contributed by atoms with E-state index in [1.165, 1.54) is 0 Å². The summed E-state index contributed by atoms with van der Waals surface area (Å²) in [5, 5.41) is 0. The highest BCUT2D eigenvalue weighted by Crippen LogP contribution is 2.49. The summed E-state index contributed by atoms with van der Waals surface area (Å²) in [5.41, 5.74) is 0.953. The number of fused-ring (bicyclic) bond motifs is 1. The molecule has 0 fully saturated rings. The largest absolute Gasteiger partial charge is 0.497 e. The fraction of sp³-hybridized carbons (Fsp3) is 0.316. The van der Waals surface area contributed by atoms with E-state index in [1.54, 1.807) is 33.5 Å². The molecule has 24 heavy (non-hydrogen) atoms. The summed E-state index contributed by atoms with van der Waals surface area (Å²) >= 11 is 0. The maximum absolute atomic E-state index is 12.6. The normalized spacial score (nSPS) is 18.8. The Morgan fingerprint density at radius 2 is 1.62 bits per heavy atom. The molecule has 1 atom stereocenters. The van der Waals surface area contributed by atoms with E-state index in [9.17, 15) is 4.79 Å². The lowest BCUT2D eigenvalue weighted by Gasteiger charge is -2.22. The second kappa shape index (κ2) is 6.07. The van der Waals surface area contributed by atoms with Gasteiger partial charge in [-0.25, -0.2) is 0 Å². The first-order valence-electron chi connectivity index (χ1n) is 7.63. The zero-order valence-electron chi connectivity index (χ0n) is 14.2. The van der Waals surface area contributed by atoms with Gasteiger partial charge < -0.3 is 18.9 Å². The van der Waals surface area contributed by atoms with Crippen LogP contribution in [0.25, 0.3) is 0 Å². The molecule has 1 unspecified atom stereocenters. The van der Waals surface area contributed by atoms with Crippen molar-refractivity contribution in [3.63, 3.8) is 0 Å². The van der Waals surface area contributed by atoms with Gasteiger partial charge in [-0.2, -0.15) is 0 Å². The van der Waals surface area contributed by atoms with Crippen LogP contribution in [0, 0.1) is 0 Å². The molecule has 0 radical (unpaired) electrons. The van der Waals surface area contributed by atoms with Gasteiger partial charge in [0.15, 0.2) is 0 Å². The molecule has 1 aliphatic heterocycles. The number of hydrogen-bond donors (Lipinski definition) is 0. The maximum Gasteiger partial charge on any atom is 0.322 e. The van der Waals surface area contributed by atoms with Crippen molar-refractivity contribution in [3.05, 3.63) is 47.5 Å². The molecule has 0 bridgehead atoms. The molecule has 1 aliphatic rings. The van der Waals surface area contributed by atoms with Crippen molar-refractivity contribution in [2.24, 2.45) is 0 Å². The Morgan fingerprint density at radius 3 is 2.21 bits per heavy atom. The monoisotopic (exact) mass is 328 g/mol. The highest BCUT2D eigenvalue weighted by atomic mass is 16.5. The van der Waals surface area contributed by atoms with Crippen LogP contribution in [-0.2, 0) is 16.6 Å². The second-order valence-electron chi connectivity index (χ2n) is 5.95. The molecule has 0 aliphatic carbocycles. The van der Waals surface area contributed by atoms with Crippen LogP contribution >= 0.6 is 0 Å². The van der Waals surface area contributed by atoms with E-state index < -0.39 is 5.41 Å². The summed E-state index contributed by atoms with van der Waals surface area (Å²) in [7, 11) is 4.76. The molecule has 126 valence electrons. The molecule has 5 nitrogen and oxygen atoms in total. The molecule has 1 heterocycles. The van der Waals surface area contributed by atoms with E-state index >= 15 is 0 Å². The summed E-state index contributed by atoms with van der Waals surface area (Å²) < 4.78 is 21.4. The lowest BCUT2D eigenvalue weighted by molar-refractivity contribution is -0.137. The van der Waals surface area contributed by atoms with Gasteiger partial charge in [0.2, 0.25) is 0 Å². The Labute approximate surface area is 141 Å². The average Bonchev–Trinajstić information content (AvgIpc) is 2.85. The molecular weight excluding hydrogens is 308 g/mol. The van der Waals surface area contributed by atoms with E-state index in [4.69, 9.17) is 18.9 Å². The van der Waals surface area contributed by atoms with Gasteiger partial charge in [-0.15, -0.1) is 0 Å². The number of carbonyl (C=O) groups excluding carboxylic acids is 1. The molecule has 5 heteroatoms. The van der Waals surface area contributed by atoms with E-state index in [-0.39, 0.29) is 5.97 Å². The topological polar surface area (TPSA) is 54.0 Å². The van der Waals surface area contributed by atoms with Crippen LogP contribution < -0.4 is 18.9 Å². The van der Waals surface area contributed by atoms with Crippen molar-refractivity contribution < 1.29 is 23.7 Å². The minimum atomic E-state index is -0.818. The smallest absolute Gasteiger partial charge is 0.322 e. The van der Waals surface area contributed by atoms with Crippen LogP contribution in [-0.4, -0.2) is 27.3 Å². The first-order valence-corrected chi connectivity index (χ1v) is 7.63. The summed E-state index contributed by atoms with van der Waals surface area (Å²) in [6, 6.07) is 11.1. The van der Waals surface area contributed by atoms with Crippen LogP contribution in [0.2, 0.25) is 0 Å². The third-order valence-electron chi connectivity index (χ3n) is 4.42. The fourth-order valence-corrected chi connectivity index (χ4v) is 3.10. The van der Waals surface area contributed by atoms with Gasteiger partial charge in [0.05, 0.1) is 26.9 Å². The van der Waals surface area contributed by atoms with Crippen LogP contribution in [0.4, 0.5) is 0 Å². The number of ether oxygens (including phenoxy) is 4. The predicted octanol–water partition coefficient (Wildman–Crippen LogP) is 3.13. The molecule has 0 saturated carbocycles. The van der Waals surface area contributed by atoms with Crippen molar-refractivity contribution >= 4 is 5.97 Å². The average molecular weight is 328 g/mol. The number of carbonyl (C=O) groups is 1. The summed E-state index contributed by atoms with van der Waals surface area (Å²) in [6.45, 7) is 1.88. The Bertz CT molecular complexity index is 766. The van der Waals surface area contributed by atoms with Crippen molar-refractivity contribution in [2.75, 3.05) is 21.3 Å². The summed E-state index contributed by atoms with van der Waals surface area (Å²) in [4.78, 5) is 12.6. The Hall–Kier alpha value is -2.69. The van der Waals surface area contributed by atoms with Crippen molar-refractivity contribution in [2.45, 2.75) is 18.8 Å². The van der Waals surface area contributed by atoms with Crippen LogP contribution in [0.3, 0.4) is 0 Å². The number of rotatable bonds is 5. The molecule has 3 rings (SSSR count). The number of benzene rings is 2. The van der Waals surface area contributed by atoms with Gasteiger partial charge in [-0.1, -0.05) is 12.1 Å². The SMILES string of the molecule is COc1ccc(CC2(C)C(=O)Oc3cc(OC)cc(OC)c32)cc1. The molecule has 2 aromatic rings. The van der Waals surface area contributed by atoms with Gasteiger partial charge in [0.25, 0.3) is 0 Å². The van der Waals surface area contributed by atoms with Crippen LogP contribution in [0.5, 0.6) is 23.0 Å². The highest BCUT2D eigenvalue weighted by Gasteiger charge is 2.47. The third kappa shape index (κ3) is 2.56. The van der Waals surface area contributed by atoms with Crippen LogP contribution in [0.1, 0.15) is 18.1 Å². The number of methoxy groups -OCH3 is 3. The Morgan fingerprint density at radius 1 is 0.958 bits per heavy atom. The third-order valence-corrected chi connectivity index (χ3v) is 4.42. The van der Waals surface area contributed by atoms with E-state index in [2.05, 4.69) is 0 Å². The quantitative estimate of drug-likeness (QED) is 0.623. The zero-order valence-corrected chi connectivity index (χ0v) is 14.2. The van der Waals surface area contributed by atoms with Crippen molar-refractivity contribution in [1.29, 1.82) is 0 Å². The Balaban J connectivity index is 2.03. The van der Waals surface area contributed by atoms with Gasteiger partial charge in [-0.05, 0) is 31.0 Å². The van der Waals surface area contributed by atoms with Crippen LogP contribution in [0.15, 0.2) is 36.4 Å². The van der Waals surface area contributed by atoms with Gasteiger partial charge >= 0.3 is 5.97 Å². The van der Waals surface area contributed by atoms with E-state index in [1.807, 2.05) is 31.2 Å². The first kappa shape index (κ1) is 16.2. The first-order chi connectivity index (χ1) is 11.5. The van der Waals surface area contributed by atoms with E-state index in [0.717, 1.165) is 16.9 Å². The lowest BCUT2D eigenvalue weighted by atomic mass is 9.78. The standard InChI is InChI=1S/C19H20O5/c1-19(11-12-5-7-13(21-2)8-6-12)17-15(23-4)9-14(22-3)10-16(17)24-18(19)20/h5-10H,11H2,1-4H3. The minimum Gasteiger partial charge on any atom is -0.497 e. The molecule has 0 N–H and O–H groups in total. The van der Waals surface area contributed by atoms with Gasteiger partial charge in [0, 0.05) is 12.1 Å². The molecule has 0 spiro atoms. The van der Waals surface area contributed by atoms with Crippen molar-refractivity contribution in [1.82, 2.24) is 0 Å².